The third kappa shape index (κ3) is 4.76. The summed E-state index contributed by atoms with van der Waals surface area (Å²) in [7, 11) is 0. The predicted octanol–water partition coefficient (Wildman–Crippen LogP) is 2.38. The Labute approximate surface area is 110 Å². The summed E-state index contributed by atoms with van der Waals surface area (Å²) in [5.41, 5.74) is 0. The van der Waals surface area contributed by atoms with Crippen molar-refractivity contribution >= 4 is 62.7 Å². The zero-order chi connectivity index (χ0) is 12.2. The Kier molecular flexibility index (Phi) is 6.25. The minimum Gasteiger partial charge on any atom is -0.481 e. The van der Waals surface area contributed by atoms with Crippen molar-refractivity contribution in [2.24, 2.45) is 5.92 Å². The van der Waals surface area contributed by atoms with Crippen LogP contribution in [0.25, 0.3) is 0 Å². The molecule has 0 spiro atoms. The molecule has 4 nitrogen and oxygen atoms in total. The van der Waals surface area contributed by atoms with Crippen LogP contribution in [-0.4, -0.2) is 32.3 Å². The number of hydrogen-bond acceptors (Lipinski definition) is 3. The summed E-state index contributed by atoms with van der Waals surface area (Å²) in [4.78, 5) is 20.9. The van der Waals surface area contributed by atoms with Crippen molar-refractivity contribution in [3.8, 4) is 0 Å². The van der Waals surface area contributed by atoms with Crippen molar-refractivity contribution in [1.29, 1.82) is 0 Å². The largest absolute Gasteiger partial charge is 0.481 e. The molecule has 0 radical (unpaired) electrons. The molecular weight excluding hydrogens is 334 g/mol. The lowest BCUT2D eigenvalue weighted by atomic mass is 10.1. The Morgan fingerprint density at radius 3 is 2.20 bits per heavy atom. The second-order valence-corrected chi connectivity index (χ2v) is 5.87. The molecule has 0 bridgehead atoms. The van der Waals surface area contributed by atoms with E-state index in [9.17, 15) is 9.59 Å². The lowest BCUT2D eigenvalue weighted by Crippen LogP contribution is -2.40. The molecule has 8 heteroatoms. The maximum atomic E-state index is 11.3. The molecule has 2 atom stereocenters. The molecule has 2 unspecified atom stereocenters. The van der Waals surface area contributed by atoms with E-state index in [0.717, 1.165) is 0 Å². The number of carbonyl (C=O) groups is 2. The van der Waals surface area contributed by atoms with Crippen LogP contribution in [0.2, 0.25) is 0 Å². The van der Waals surface area contributed by atoms with E-state index in [0.29, 0.717) is 0 Å². The lowest BCUT2D eigenvalue weighted by molar-refractivity contribution is -0.158. The fraction of sp³-hybridized carbons (Fsp3) is 0.714. The first-order valence-corrected chi connectivity index (χ1v) is 5.87. The van der Waals surface area contributed by atoms with Gasteiger partial charge >= 0.3 is 11.9 Å². The van der Waals surface area contributed by atoms with Crippen LogP contribution in [0.3, 0.4) is 0 Å². The second kappa shape index (κ2) is 6.13. The Bertz CT molecular complexity index is 253. The average Bonchev–Trinajstić information content (AvgIpc) is 2.02. The molecule has 0 aromatic rings. The zero-order valence-corrected chi connectivity index (χ0v) is 11.4. The maximum absolute atomic E-state index is 11.3. The summed E-state index contributed by atoms with van der Waals surface area (Å²) >= 11 is 19.3. The van der Waals surface area contributed by atoms with Gasteiger partial charge in [0.15, 0.2) is 5.92 Å². The molecule has 0 heterocycles. The third-order valence-corrected chi connectivity index (χ3v) is 4.12. The van der Waals surface area contributed by atoms with Gasteiger partial charge in [0.25, 0.3) is 0 Å². The highest BCUT2D eigenvalue weighted by atomic mass is 79.9. The summed E-state index contributed by atoms with van der Waals surface area (Å²) in [6.07, 6.45) is 0. The van der Waals surface area contributed by atoms with Crippen LogP contribution < -0.4 is 0 Å². The van der Waals surface area contributed by atoms with E-state index in [1.165, 1.54) is 0 Å². The number of halogens is 4. The summed E-state index contributed by atoms with van der Waals surface area (Å²) < 4.78 is 2.65. The van der Waals surface area contributed by atoms with E-state index in [-0.39, 0.29) is 6.61 Å². The minimum absolute atomic E-state index is 0.0577. The topological polar surface area (TPSA) is 63.6 Å². The Morgan fingerprint density at radius 1 is 1.47 bits per heavy atom. The number of ether oxygens (including phenoxy) is 1. The van der Waals surface area contributed by atoms with Crippen LogP contribution in [0.5, 0.6) is 0 Å². The number of rotatable bonds is 4. The van der Waals surface area contributed by atoms with Crippen LogP contribution in [0.15, 0.2) is 0 Å². The first-order chi connectivity index (χ1) is 6.71. The van der Waals surface area contributed by atoms with Crippen molar-refractivity contribution < 1.29 is 19.4 Å². The Balaban J connectivity index is 4.82. The standard InChI is InChI=1S/C7H8BrCl3O4/c1-2-15-6(14)3(5(12)13)4(8)7(9,10)11/h3-4H,2H2,1H3,(H,12,13). The number of carboxylic acid groups (broad SMARTS) is 1. The summed E-state index contributed by atoms with van der Waals surface area (Å²) in [6, 6.07) is 0. The van der Waals surface area contributed by atoms with Gasteiger partial charge in [-0.15, -0.1) is 0 Å². The summed E-state index contributed by atoms with van der Waals surface area (Å²) in [6.45, 7) is 1.61. The zero-order valence-electron chi connectivity index (χ0n) is 7.55. The highest BCUT2D eigenvalue weighted by Crippen LogP contribution is 2.39. The molecule has 1 N–H and O–H groups in total. The van der Waals surface area contributed by atoms with Crippen LogP contribution in [-0.2, 0) is 14.3 Å². The van der Waals surface area contributed by atoms with Gasteiger partial charge in [-0.3, -0.25) is 9.59 Å². The number of alkyl halides is 4. The van der Waals surface area contributed by atoms with Gasteiger partial charge in [0.1, 0.15) is 0 Å². The minimum atomic E-state index is -1.91. The van der Waals surface area contributed by atoms with Gasteiger partial charge in [-0.05, 0) is 6.92 Å². The Hall–Kier alpha value is 0.290. The number of carboxylic acids is 1. The molecule has 0 aromatic heterocycles. The van der Waals surface area contributed by atoms with E-state index >= 15 is 0 Å². The molecule has 0 aromatic carbocycles. The van der Waals surface area contributed by atoms with Gasteiger partial charge in [0.05, 0.1) is 11.4 Å². The molecule has 15 heavy (non-hydrogen) atoms. The number of esters is 1. The van der Waals surface area contributed by atoms with E-state index in [2.05, 4.69) is 20.7 Å². The first-order valence-electron chi connectivity index (χ1n) is 3.82. The van der Waals surface area contributed by atoms with Crippen LogP contribution >= 0.6 is 50.7 Å². The maximum Gasteiger partial charge on any atom is 0.321 e. The van der Waals surface area contributed by atoms with Crippen LogP contribution in [0.4, 0.5) is 0 Å². The molecule has 0 saturated carbocycles. The van der Waals surface area contributed by atoms with Gasteiger partial charge < -0.3 is 9.84 Å². The van der Waals surface area contributed by atoms with Crippen molar-refractivity contribution in [1.82, 2.24) is 0 Å². The van der Waals surface area contributed by atoms with Gasteiger partial charge in [-0.25, -0.2) is 0 Å². The monoisotopic (exact) mass is 340 g/mol. The van der Waals surface area contributed by atoms with Crippen molar-refractivity contribution in [2.75, 3.05) is 6.61 Å². The molecule has 0 rings (SSSR count). The fourth-order valence-electron chi connectivity index (χ4n) is 0.766. The van der Waals surface area contributed by atoms with Crippen molar-refractivity contribution in [3.05, 3.63) is 0 Å². The lowest BCUT2D eigenvalue weighted by Gasteiger charge is -2.23. The summed E-state index contributed by atoms with van der Waals surface area (Å²) in [5, 5.41) is 8.80. The molecule has 0 aliphatic carbocycles. The average molecular weight is 342 g/mol. The molecule has 0 saturated heterocycles. The van der Waals surface area contributed by atoms with Crippen LogP contribution in [0.1, 0.15) is 6.92 Å². The first kappa shape index (κ1) is 15.3. The molecular formula is C7H8BrCl3O4. The van der Waals surface area contributed by atoms with E-state index in [1.807, 2.05) is 0 Å². The van der Waals surface area contributed by atoms with Crippen molar-refractivity contribution in [3.63, 3.8) is 0 Å². The molecule has 0 aliphatic rings. The fourth-order valence-corrected chi connectivity index (χ4v) is 1.59. The van der Waals surface area contributed by atoms with Crippen molar-refractivity contribution in [2.45, 2.75) is 15.5 Å². The van der Waals surface area contributed by atoms with E-state index < -0.39 is 26.5 Å². The van der Waals surface area contributed by atoms with Gasteiger partial charge in [0.2, 0.25) is 3.79 Å². The quantitative estimate of drug-likeness (QED) is 0.484. The SMILES string of the molecule is CCOC(=O)C(C(=O)O)C(Br)C(Cl)(Cl)Cl. The molecule has 0 amide bonds. The highest BCUT2D eigenvalue weighted by molar-refractivity contribution is 9.09. The van der Waals surface area contributed by atoms with E-state index in [1.54, 1.807) is 6.92 Å². The predicted molar refractivity (Wildman–Crippen MR) is 60.8 cm³/mol. The van der Waals surface area contributed by atoms with Gasteiger partial charge in [-0.2, -0.15) is 0 Å². The van der Waals surface area contributed by atoms with Gasteiger partial charge in [0, 0.05) is 0 Å². The van der Waals surface area contributed by atoms with Gasteiger partial charge in [-0.1, -0.05) is 50.7 Å². The normalized spacial score (nSPS) is 15.5. The smallest absolute Gasteiger partial charge is 0.321 e. The van der Waals surface area contributed by atoms with Crippen LogP contribution in [0, 0.1) is 5.92 Å². The second-order valence-electron chi connectivity index (χ2n) is 2.51. The Morgan fingerprint density at radius 2 is 1.93 bits per heavy atom. The molecule has 0 aliphatic heterocycles. The molecule has 0 fully saturated rings. The van der Waals surface area contributed by atoms with E-state index in [4.69, 9.17) is 39.9 Å². The number of aliphatic carboxylic acids is 1. The number of carbonyl (C=O) groups excluding carboxylic acids is 1. The third-order valence-electron chi connectivity index (χ3n) is 1.41. The summed E-state index contributed by atoms with van der Waals surface area (Å²) in [5.74, 6) is -3.92. The number of hydrogen-bond donors (Lipinski definition) is 1. The highest BCUT2D eigenvalue weighted by Gasteiger charge is 2.45. The molecule has 88 valence electrons.